The van der Waals surface area contributed by atoms with E-state index in [1.54, 1.807) is 13.0 Å². The number of carbonyl (C=O) groups excluding carboxylic acids is 1. The van der Waals surface area contributed by atoms with Crippen LogP contribution < -0.4 is 5.32 Å². The SMILES string of the molecule is Cc1ccc([N+](=O)[O-])c(C(=O)NC2CC(O)C2)c1. The highest BCUT2D eigenvalue weighted by Crippen LogP contribution is 2.23. The van der Waals surface area contributed by atoms with Crippen LogP contribution >= 0.6 is 0 Å². The molecule has 96 valence electrons. The lowest BCUT2D eigenvalue weighted by molar-refractivity contribution is -0.385. The standard InChI is InChI=1S/C12H14N2O4/c1-7-2-3-11(14(17)18)10(4-7)12(16)13-8-5-9(15)6-8/h2-4,8-9,15H,5-6H2,1H3,(H,13,16). The van der Waals surface area contributed by atoms with E-state index in [1.165, 1.54) is 12.1 Å². The molecule has 0 aromatic heterocycles. The number of rotatable bonds is 3. The molecule has 1 aromatic carbocycles. The van der Waals surface area contributed by atoms with Crippen LogP contribution in [0.5, 0.6) is 0 Å². The highest BCUT2D eigenvalue weighted by atomic mass is 16.6. The van der Waals surface area contributed by atoms with E-state index < -0.39 is 10.8 Å². The zero-order valence-corrected chi connectivity index (χ0v) is 9.92. The van der Waals surface area contributed by atoms with E-state index in [-0.39, 0.29) is 23.4 Å². The van der Waals surface area contributed by atoms with Crippen molar-refractivity contribution in [3.05, 3.63) is 39.4 Å². The van der Waals surface area contributed by atoms with Crippen molar-refractivity contribution in [2.75, 3.05) is 0 Å². The molecule has 2 rings (SSSR count). The number of carbonyl (C=O) groups is 1. The molecule has 0 bridgehead atoms. The molecule has 18 heavy (non-hydrogen) atoms. The Morgan fingerprint density at radius 1 is 1.50 bits per heavy atom. The monoisotopic (exact) mass is 250 g/mol. The fraction of sp³-hybridized carbons (Fsp3) is 0.417. The number of nitrogens with one attached hydrogen (secondary N) is 1. The van der Waals surface area contributed by atoms with Crippen LogP contribution in [-0.4, -0.2) is 28.1 Å². The number of aliphatic hydroxyl groups excluding tert-OH is 1. The van der Waals surface area contributed by atoms with Crippen LogP contribution in [0.15, 0.2) is 18.2 Å². The van der Waals surface area contributed by atoms with Gasteiger partial charge in [-0.3, -0.25) is 14.9 Å². The second-order valence-corrected chi connectivity index (χ2v) is 4.57. The maximum absolute atomic E-state index is 11.9. The smallest absolute Gasteiger partial charge is 0.282 e. The highest BCUT2D eigenvalue weighted by molar-refractivity contribution is 5.98. The van der Waals surface area contributed by atoms with Crippen LogP contribution in [0.25, 0.3) is 0 Å². The zero-order valence-electron chi connectivity index (χ0n) is 9.92. The average molecular weight is 250 g/mol. The van der Waals surface area contributed by atoms with E-state index in [2.05, 4.69) is 5.32 Å². The lowest BCUT2D eigenvalue weighted by Gasteiger charge is -2.31. The summed E-state index contributed by atoms with van der Waals surface area (Å²) in [6.07, 6.45) is 0.638. The Kier molecular flexibility index (Phi) is 3.29. The third kappa shape index (κ3) is 2.48. The van der Waals surface area contributed by atoms with Crippen LogP contribution in [0.2, 0.25) is 0 Å². The summed E-state index contributed by atoms with van der Waals surface area (Å²) < 4.78 is 0. The van der Waals surface area contributed by atoms with Crippen LogP contribution in [0, 0.1) is 17.0 Å². The second kappa shape index (κ2) is 4.73. The lowest BCUT2D eigenvalue weighted by atomic mass is 9.89. The topological polar surface area (TPSA) is 92.5 Å². The Bertz CT molecular complexity index is 495. The molecule has 1 fully saturated rings. The molecule has 0 aliphatic heterocycles. The van der Waals surface area contributed by atoms with Gasteiger partial charge in [0.15, 0.2) is 0 Å². The first-order valence-corrected chi connectivity index (χ1v) is 5.71. The van der Waals surface area contributed by atoms with E-state index in [4.69, 9.17) is 5.11 Å². The van der Waals surface area contributed by atoms with Crippen molar-refractivity contribution in [1.29, 1.82) is 0 Å². The van der Waals surface area contributed by atoms with Crippen LogP contribution in [0.3, 0.4) is 0 Å². The van der Waals surface area contributed by atoms with Gasteiger partial charge >= 0.3 is 0 Å². The number of aliphatic hydroxyl groups is 1. The van der Waals surface area contributed by atoms with Gasteiger partial charge in [-0.15, -0.1) is 0 Å². The van der Waals surface area contributed by atoms with Gasteiger partial charge in [0.05, 0.1) is 11.0 Å². The molecule has 0 spiro atoms. The Morgan fingerprint density at radius 2 is 2.17 bits per heavy atom. The molecular formula is C12H14N2O4. The van der Waals surface area contributed by atoms with Crippen molar-refractivity contribution >= 4 is 11.6 Å². The van der Waals surface area contributed by atoms with Crippen molar-refractivity contribution in [2.24, 2.45) is 0 Å². The number of benzene rings is 1. The Hall–Kier alpha value is -1.95. The molecule has 1 amide bonds. The van der Waals surface area contributed by atoms with Gasteiger partial charge in [0, 0.05) is 12.1 Å². The van der Waals surface area contributed by atoms with Crippen LogP contribution in [0.1, 0.15) is 28.8 Å². The first kappa shape index (κ1) is 12.5. The minimum absolute atomic E-state index is 0.0707. The average Bonchev–Trinajstić information content (AvgIpc) is 2.26. The minimum atomic E-state index is -0.566. The van der Waals surface area contributed by atoms with E-state index in [0.29, 0.717) is 12.8 Å². The molecule has 0 saturated heterocycles. The third-order valence-corrected chi connectivity index (χ3v) is 3.04. The molecule has 1 aliphatic rings. The number of hydrogen-bond donors (Lipinski definition) is 2. The van der Waals surface area contributed by atoms with E-state index in [1.807, 2.05) is 0 Å². The summed E-state index contributed by atoms with van der Waals surface area (Å²) in [5.41, 5.74) is 0.666. The molecule has 1 aliphatic carbocycles. The van der Waals surface area contributed by atoms with Crippen LogP contribution in [0.4, 0.5) is 5.69 Å². The molecule has 1 saturated carbocycles. The Balaban J connectivity index is 2.18. The molecule has 0 unspecified atom stereocenters. The van der Waals surface area contributed by atoms with Gasteiger partial charge < -0.3 is 10.4 Å². The Labute approximate surface area is 104 Å². The van der Waals surface area contributed by atoms with Gasteiger partial charge in [-0.05, 0) is 31.4 Å². The van der Waals surface area contributed by atoms with Gasteiger partial charge in [0.1, 0.15) is 5.56 Å². The maximum atomic E-state index is 11.9. The van der Waals surface area contributed by atoms with Crippen molar-refractivity contribution in [3.8, 4) is 0 Å². The van der Waals surface area contributed by atoms with Crippen molar-refractivity contribution in [1.82, 2.24) is 5.32 Å². The molecule has 2 N–H and O–H groups in total. The summed E-state index contributed by atoms with van der Waals surface area (Å²) in [4.78, 5) is 22.2. The summed E-state index contributed by atoms with van der Waals surface area (Å²) in [5, 5.41) is 22.7. The van der Waals surface area contributed by atoms with Gasteiger partial charge in [-0.1, -0.05) is 6.07 Å². The van der Waals surface area contributed by atoms with Crippen molar-refractivity contribution < 1.29 is 14.8 Å². The first-order valence-electron chi connectivity index (χ1n) is 5.71. The molecule has 1 aromatic rings. The highest BCUT2D eigenvalue weighted by Gasteiger charge is 2.30. The van der Waals surface area contributed by atoms with Gasteiger partial charge in [0.2, 0.25) is 0 Å². The number of nitro groups is 1. The maximum Gasteiger partial charge on any atom is 0.282 e. The van der Waals surface area contributed by atoms with E-state index in [9.17, 15) is 14.9 Å². The first-order chi connectivity index (χ1) is 8.47. The summed E-state index contributed by atoms with van der Waals surface area (Å²) in [6.45, 7) is 1.77. The zero-order chi connectivity index (χ0) is 13.3. The van der Waals surface area contributed by atoms with Crippen molar-refractivity contribution in [2.45, 2.75) is 31.9 Å². The van der Waals surface area contributed by atoms with Crippen molar-refractivity contribution in [3.63, 3.8) is 0 Å². The fourth-order valence-electron chi connectivity index (χ4n) is 1.96. The minimum Gasteiger partial charge on any atom is -0.393 e. The largest absolute Gasteiger partial charge is 0.393 e. The van der Waals surface area contributed by atoms with Crippen LogP contribution in [-0.2, 0) is 0 Å². The van der Waals surface area contributed by atoms with Gasteiger partial charge in [0.25, 0.3) is 11.6 Å². The summed E-state index contributed by atoms with van der Waals surface area (Å²) in [7, 11) is 0. The number of aryl methyl sites for hydroxylation is 1. The van der Waals surface area contributed by atoms with E-state index in [0.717, 1.165) is 5.56 Å². The second-order valence-electron chi connectivity index (χ2n) is 4.57. The predicted octanol–water partition coefficient (Wildman–Crippen LogP) is 1.16. The molecule has 0 atom stereocenters. The summed E-state index contributed by atoms with van der Waals surface area (Å²) >= 11 is 0. The van der Waals surface area contributed by atoms with Gasteiger partial charge in [-0.25, -0.2) is 0 Å². The number of nitro benzene ring substituents is 1. The Morgan fingerprint density at radius 3 is 2.72 bits per heavy atom. The molecule has 6 heteroatoms. The summed E-state index contributed by atoms with van der Waals surface area (Å²) in [6, 6.07) is 4.34. The molecule has 0 heterocycles. The predicted molar refractivity (Wildman–Crippen MR) is 64.3 cm³/mol. The van der Waals surface area contributed by atoms with Gasteiger partial charge in [-0.2, -0.15) is 0 Å². The lowest BCUT2D eigenvalue weighted by Crippen LogP contribution is -2.46. The molecule has 6 nitrogen and oxygen atoms in total. The molecule has 0 radical (unpaired) electrons. The molecular weight excluding hydrogens is 236 g/mol. The summed E-state index contributed by atoms with van der Waals surface area (Å²) in [5.74, 6) is -0.456. The number of amides is 1. The number of hydrogen-bond acceptors (Lipinski definition) is 4. The van der Waals surface area contributed by atoms with E-state index >= 15 is 0 Å². The number of nitrogens with zero attached hydrogens (tertiary/aromatic N) is 1. The quantitative estimate of drug-likeness (QED) is 0.621. The third-order valence-electron chi connectivity index (χ3n) is 3.04. The normalized spacial score (nSPS) is 22.1. The fourth-order valence-corrected chi connectivity index (χ4v) is 1.96.